The molecule has 3 aromatic carbocycles. The van der Waals surface area contributed by atoms with Gasteiger partial charge in [0, 0.05) is 10.4 Å². The van der Waals surface area contributed by atoms with E-state index in [0.717, 1.165) is 10.1 Å². The fraction of sp³-hybridized carbons (Fsp3) is 0.111. The van der Waals surface area contributed by atoms with E-state index in [1.807, 2.05) is 0 Å². The van der Waals surface area contributed by atoms with Gasteiger partial charge in [-0.3, -0.25) is 4.79 Å². The van der Waals surface area contributed by atoms with E-state index in [0.29, 0.717) is 32.8 Å². The van der Waals surface area contributed by atoms with Crippen molar-refractivity contribution in [1.29, 1.82) is 0 Å². The Hall–Kier alpha value is -4.34. The Balaban J connectivity index is 1.63. The number of carboxylic acids is 1. The normalized spacial score (nSPS) is 12.3. The summed E-state index contributed by atoms with van der Waals surface area (Å²) in [5.41, 5.74) is 1.11. The first-order valence-corrected chi connectivity index (χ1v) is 12.0. The van der Waals surface area contributed by atoms with E-state index in [4.69, 9.17) is 42.2 Å². The number of aliphatic carboxylic acids is 1. The number of fused-ring (bicyclic) bond motifs is 2. The molecule has 0 aliphatic heterocycles. The number of hydrogen-bond donors (Lipinski definition) is 1. The minimum atomic E-state index is -1.16. The predicted molar refractivity (Wildman–Crippen MR) is 145 cm³/mol. The number of furan rings is 1. The molecule has 2 aromatic heterocycles. The first-order valence-electron chi connectivity index (χ1n) is 11.3. The van der Waals surface area contributed by atoms with Crippen molar-refractivity contribution in [1.82, 2.24) is 9.66 Å². The van der Waals surface area contributed by atoms with Gasteiger partial charge in [0.15, 0.2) is 23.4 Å². The Bertz CT molecular complexity index is 1790. The number of nitrogens with zero attached hydrogens (tertiary/aromatic N) is 3. The molecule has 0 saturated carbocycles. The van der Waals surface area contributed by atoms with Gasteiger partial charge in [0.1, 0.15) is 5.58 Å². The molecule has 0 spiro atoms. The third kappa shape index (κ3) is 4.81. The molecule has 5 rings (SSSR count). The molecule has 0 fully saturated rings. The van der Waals surface area contributed by atoms with Crippen LogP contribution in [0, 0.1) is 0 Å². The van der Waals surface area contributed by atoms with Crippen LogP contribution in [-0.2, 0) is 4.79 Å². The van der Waals surface area contributed by atoms with Gasteiger partial charge >= 0.3 is 5.97 Å². The molecule has 0 saturated heterocycles. The Morgan fingerprint density at radius 2 is 1.95 bits per heavy atom. The number of carboxylic acid groups (broad SMARTS) is 1. The van der Waals surface area contributed by atoms with Gasteiger partial charge in [0.2, 0.25) is 5.82 Å². The van der Waals surface area contributed by atoms with Crippen LogP contribution in [0.3, 0.4) is 0 Å². The molecule has 0 radical (unpaired) electrons. The summed E-state index contributed by atoms with van der Waals surface area (Å²) in [6, 6.07) is 16.9. The van der Waals surface area contributed by atoms with Crippen LogP contribution in [0.5, 0.6) is 11.5 Å². The molecular weight excluding hydrogens is 533 g/mol. The highest BCUT2D eigenvalue weighted by atomic mass is 35.5. The van der Waals surface area contributed by atoms with Gasteiger partial charge in [0.05, 0.1) is 29.2 Å². The average molecular weight is 552 g/mol. The molecule has 0 aliphatic carbocycles. The number of hydrogen-bond acceptors (Lipinski definition) is 7. The van der Waals surface area contributed by atoms with Crippen LogP contribution in [-0.4, -0.2) is 40.2 Å². The lowest BCUT2D eigenvalue weighted by molar-refractivity contribution is -0.144. The highest BCUT2D eigenvalue weighted by Crippen LogP contribution is 2.37. The van der Waals surface area contributed by atoms with Crippen LogP contribution in [0.1, 0.15) is 12.5 Å². The van der Waals surface area contributed by atoms with E-state index in [1.54, 1.807) is 54.6 Å². The summed E-state index contributed by atoms with van der Waals surface area (Å²) < 4.78 is 17.9. The molecule has 0 bridgehead atoms. The maximum atomic E-state index is 13.5. The fourth-order valence-corrected chi connectivity index (χ4v) is 4.24. The predicted octanol–water partition coefficient (Wildman–Crippen LogP) is 5.86. The third-order valence-electron chi connectivity index (χ3n) is 5.67. The SMILES string of the molecule is COc1cc(C=Nn2c(-c3cc4cc(Cl)ccc4o3)nc3ccccc3c2=O)cc(Cl)c1O[C@H](C)C(=O)O. The second-order valence-corrected chi connectivity index (χ2v) is 9.08. The Kier molecular flexibility index (Phi) is 6.79. The van der Waals surface area contributed by atoms with Crippen molar-refractivity contribution < 1.29 is 23.8 Å². The van der Waals surface area contributed by atoms with E-state index in [2.05, 4.69) is 10.1 Å². The number of ether oxygens (including phenoxy) is 2. The molecule has 5 aromatic rings. The second-order valence-electron chi connectivity index (χ2n) is 8.24. The maximum absolute atomic E-state index is 13.5. The fourth-order valence-electron chi connectivity index (χ4n) is 3.79. The van der Waals surface area contributed by atoms with Crippen molar-refractivity contribution in [2.75, 3.05) is 7.11 Å². The number of methoxy groups -OCH3 is 1. The zero-order valence-electron chi connectivity index (χ0n) is 20.0. The van der Waals surface area contributed by atoms with Crippen LogP contribution in [0.2, 0.25) is 10.0 Å². The van der Waals surface area contributed by atoms with Crippen LogP contribution >= 0.6 is 23.2 Å². The van der Waals surface area contributed by atoms with Crippen LogP contribution in [0.25, 0.3) is 33.5 Å². The lowest BCUT2D eigenvalue weighted by atomic mass is 10.2. The largest absolute Gasteiger partial charge is 0.493 e. The Morgan fingerprint density at radius 3 is 2.71 bits per heavy atom. The van der Waals surface area contributed by atoms with Gasteiger partial charge in [-0.1, -0.05) is 35.3 Å². The molecule has 2 heterocycles. The van der Waals surface area contributed by atoms with Gasteiger partial charge in [-0.15, -0.1) is 0 Å². The lowest BCUT2D eigenvalue weighted by Gasteiger charge is -2.15. The summed E-state index contributed by atoms with van der Waals surface area (Å²) in [7, 11) is 1.40. The van der Waals surface area contributed by atoms with Gasteiger partial charge in [0.25, 0.3) is 5.56 Å². The topological polar surface area (TPSA) is 116 Å². The van der Waals surface area contributed by atoms with Crippen molar-refractivity contribution >= 4 is 57.3 Å². The minimum absolute atomic E-state index is 0.0763. The summed E-state index contributed by atoms with van der Waals surface area (Å²) in [6.45, 7) is 1.38. The zero-order chi connectivity index (χ0) is 27.0. The minimum Gasteiger partial charge on any atom is -0.493 e. The first kappa shape index (κ1) is 25.3. The second kappa shape index (κ2) is 10.2. The highest BCUT2D eigenvalue weighted by molar-refractivity contribution is 6.32. The number of rotatable bonds is 7. The summed E-state index contributed by atoms with van der Waals surface area (Å²) in [5, 5.41) is 15.3. The van der Waals surface area contributed by atoms with E-state index >= 15 is 0 Å². The van der Waals surface area contributed by atoms with Gasteiger partial charge < -0.3 is 19.0 Å². The number of carbonyl (C=O) groups is 1. The number of para-hydroxylation sites is 1. The molecule has 38 heavy (non-hydrogen) atoms. The van der Waals surface area contributed by atoms with Gasteiger partial charge in [-0.05, 0) is 61.0 Å². The third-order valence-corrected chi connectivity index (χ3v) is 6.18. The van der Waals surface area contributed by atoms with E-state index in [1.165, 1.54) is 26.3 Å². The molecule has 0 unspecified atom stereocenters. The molecule has 1 atom stereocenters. The molecule has 0 aliphatic rings. The van der Waals surface area contributed by atoms with Crippen LogP contribution in [0.15, 0.2) is 75.0 Å². The van der Waals surface area contributed by atoms with Crippen molar-refractivity contribution in [2.24, 2.45) is 5.10 Å². The van der Waals surface area contributed by atoms with E-state index < -0.39 is 17.6 Å². The van der Waals surface area contributed by atoms with Gasteiger partial charge in [-0.2, -0.15) is 9.78 Å². The van der Waals surface area contributed by atoms with Crippen molar-refractivity contribution in [2.45, 2.75) is 13.0 Å². The van der Waals surface area contributed by atoms with Crippen LogP contribution < -0.4 is 15.0 Å². The summed E-state index contributed by atoms with van der Waals surface area (Å²) in [4.78, 5) is 29.3. The zero-order valence-corrected chi connectivity index (χ0v) is 21.5. The standard InChI is InChI=1S/C27H19Cl2N3O6/c1-14(27(34)35)37-24-19(29)9-15(10-22(24)36-2)13-30-32-25(31-20-6-4-3-5-18(20)26(32)33)23-12-16-11-17(28)7-8-21(16)38-23/h3-14H,1-2H3,(H,34,35)/t14-/m1/s1. The maximum Gasteiger partial charge on any atom is 0.344 e. The molecule has 0 amide bonds. The number of halogens is 2. The molecule has 9 nitrogen and oxygen atoms in total. The molecule has 192 valence electrons. The lowest BCUT2D eigenvalue weighted by Crippen LogP contribution is -2.23. The number of aromatic nitrogens is 2. The van der Waals surface area contributed by atoms with Crippen molar-refractivity contribution in [3.63, 3.8) is 0 Å². The molecular formula is C27H19Cl2N3O6. The molecule has 11 heteroatoms. The summed E-state index contributed by atoms with van der Waals surface area (Å²) in [5.74, 6) is -0.370. The van der Waals surface area contributed by atoms with Crippen molar-refractivity contribution in [3.05, 3.63) is 86.6 Å². The van der Waals surface area contributed by atoms with Crippen LogP contribution in [0.4, 0.5) is 0 Å². The Morgan fingerprint density at radius 1 is 1.16 bits per heavy atom. The van der Waals surface area contributed by atoms with Crippen molar-refractivity contribution in [3.8, 4) is 23.1 Å². The van der Waals surface area contributed by atoms with E-state index in [9.17, 15) is 9.59 Å². The smallest absolute Gasteiger partial charge is 0.344 e. The Labute approximate surface area is 225 Å². The van der Waals surface area contributed by atoms with E-state index in [-0.39, 0.29) is 22.3 Å². The molecule has 1 N–H and O–H groups in total. The summed E-state index contributed by atoms with van der Waals surface area (Å²) >= 11 is 12.5. The van der Waals surface area contributed by atoms with Gasteiger partial charge in [-0.25, -0.2) is 9.78 Å². The quantitative estimate of drug-likeness (QED) is 0.252. The summed E-state index contributed by atoms with van der Waals surface area (Å²) in [6.07, 6.45) is 0.254. The monoisotopic (exact) mass is 551 g/mol. The number of benzene rings is 3. The average Bonchev–Trinajstić information content (AvgIpc) is 3.32. The first-order chi connectivity index (χ1) is 18.2. The highest BCUT2D eigenvalue weighted by Gasteiger charge is 2.20.